The van der Waals surface area contributed by atoms with Gasteiger partial charge in [-0.05, 0) is 12.1 Å². The van der Waals surface area contributed by atoms with Crippen molar-refractivity contribution < 1.29 is 4.79 Å². The third kappa shape index (κ3) is 2.88. The fraction of sp³-hybridized carbons (Fsp3) is 0.200. The number of aryl methyl sites for hydroxylation is 1. The first-order valence-corrected chi connectivity index (χ1v) is 4.88. The lowest BCUT2D eigenvalue weighted by atomic mass is 10.4. The number of rotatable bonds is 4. The molecule has 6 nitrogen and oxygen atoms in total. The van der Waals surface area contributed by atoms with Crippen LogP contribution in [0.15, 0.2) is 37.1 Å². The topological polar surface area (TPSA) is 72.7 Å². The molecule has 2 heterocycles. The summed E-state index contributed by atoms with van der Waals surface area (Å²) in [5.41, 5.74) is 0. The molecule has 1 N–H and O–H groups in total. The van der Waals surface area contributed by atoms with Crippen LogP contribution in [-0.2, 0) is 11.3 Å². The molecule has 0 fully saturated rings. The molecule has 0 aliphatic heterocycles. The summed E-state index contributed by atoms with van der Waals surface area (Å²) in [6.07, 6.45) is 5.00. The van der Waals surface area contributed by atoms with Crippen molar-refractivity contribution in [1.29, 1.82) is 0 Å². The van der Waals surface area contributed by atoms with E-state index in [1.165, 1.54) is 6.33 Å². The lowest BCUT2D eigenvalue weighted by Crippen LogP contribution is -2.15. The first-order valence-electron chi connectivity index (χ1n) is 4.88. The molecule has 0 aliphatic carbocycles. The van der Waals surface area contributed by atoms with Crippen molar-refractivity contribution in [3.05, 3.63) is 37.1 Å². The Morgan fingerprint density at radius 2 is 2.38 bits per heavy atom. The Labute approximate surface area is 92.3 Å². The standard InChI is InChI=1S/C10H11N5O/c16-10(4-6-15-8-11-7-13-15)14-9-3-1-2-5-12-9/h1-3,5,7-8H,4,6H2,(H,12,14,16). The van der Waals surface area contributed by atoms with E-state index in [9.17, 15) is 4.79 Å². The molecule has 0 atom stereocenters. The maximum atomic E-state index is 11.5. The minimum atomic E-state index is -0.0887. The van der Waals surface area contributed by atoms with Crippen LogP contribution in [0.2, 0.25) is 0 Å². The zero-order valence-corrected chi connectivity index (χ0v) is 8.58. The quantitative estimate of drug-likeness (QED) is 0.818. The van der Waals surface area contributed by atoms with Gasteiger partial charge in [-0.15, -0.1) is 0 Å². The Kier molecular flexibility index (Phi) is 3.22. The summed E-state index contributed by atoms with van der Waals surface area (Å²) < 4.78 is 1.61. The molecule has 1 amide bonds. The molecule has 6 heteroatoms. The van der Waals surface area contributed by atoms with Crippen LogP contribution in [0.1, 0.15) is 6.42 Å². The van der Waals surface area contributed by atoms with E-state index in [2.05, 4.69) is 20.4 Å². The highest BCUT2D eigenvalue weighted by Crippen LogP contribution is 2.00. The number of hydrogen-bond donors (Lipinski definition) is 1. The van der Waals surface area contributed by atoms with Gasteiger partial charge in [-0.3, -0.25) is 9.48 Å². The minimum Gasteiger partial charge on any atom is -0.311 e. The average molecular weight is 217 g/mol. The third-order valence-electron chi connectivity index (χ3n) is 1.97. The van der Waals surface area contributed by atoms with Gasteiger partial charge in [0.05, 0.1) is 6.54 Å². The minimum absolute atomic E-state index is 0.0887. The van der Waals surface area contributed by atoms with Crippen LogP contribution in [-0.4, -0.2) is 25.7 Å². The number of amides is 1. The van der Waals surface area contributed by atoms with E-state index in [0.29, 0.717) is 18.8 Å². The number of hydrogen-bond acceptors (Lipinski definition) is 4. The predicted molar refractivity (Wildman–Crippen MR) is 57.5 cm³/mol. The van der Waals surface area contributed by atoms with E-state index < -0.39 is 0 Å². The Balaban J connectivity index is 1.81. The summed E-state index contributed by atoms with van der Waals surface area (Å²) in [5, 5.41) is 6.60. The third-order valence-corrected chi connectivity index (χ3v) is 1.97. The van der Waals surface area contributed by atoms with Crippen LogP contribution >= 0.6 is 0 Å². The van der Waals surface area contributed by atoms with Gasteiger partial charge in [0.1, 0.15) is 18.5 Å². The lowest BCUT2D eigenvalue weighted by molar-refractivity contribution is -0.116. The second kappa shape index (κ2) is 5.01. The zero-order valence-electron chi connectivity index (χ0n) is 8.58. The summed E-state index contributed by atoms with van der Waals surface area (Å²) >= 11 is 0. The number of aromatic nitrogens is 4. The van der Waals surface area contributed by atoms with Gasteiger partial charge in [0.25, 0.3) is 0 Å². The van der Waals surface area contributed by atoms with Gasteiger partial charge in [0, 0.05) is 12.6 Å². The van der Waals surface area contributed by atoms with Gasteiger partial charge in [0.2, 0.25) is 5.91 Å². The molecular formula is C10H11N5O. The number of anilines is 1. The van der Waals surface area contributed by atoms with Crippen LogP contribution in [0.5, 0.6) is 0 Å². The van der Waals surface area contributed by atoms with Crippen LogP contribution in [0.3, 0.4) is 0 Å². The van der Waals surface area contributed by atoms with Gasteiger partial charge in [0.15, 0.2) is 0 Å². The summed E-state index contributed by atoms with van der Waals surface area (Å²) in [5.74, 6) is 0.472. The Morgan fingerprint density at radius 3 is 3.06 bits per heavy atom. The molecule has 16 heavy (non-hydrogen) atoms. The Hall–Kier alpha value is -2.24. The van der Waals surface area contributed by atoms with Gasteiger partial charge < -0.3 is 5.32 Å². The molecule has 0 saturated heterocycles. The molecular weight excluding hydrogens is 206 g/mol. The molecule has 2 aromatic heterocycles. The van der Waals surface area contributed by atoms with E-state index >= 15 is 0 Å². The molecule has 0 aliphatic rings. The number of nitrogens with one attached hydrogen (secondary N) is 1. The number of nitrogens with zero attached hydrogens (tertiary/aromatic N) is 4. The van der Waals surface area contributed by atoms with Crippen LogP contribution in [0.4, 0.5) is 5.82 Å². The first kappa shape index (κ1) is 10.3. The smallest absolute Gasteiger partial charge is 0.227 e. The number of carbonyl (C=O) groups excluding carboxylic acids is 1. The van der Waals surface area contributed by atoms with Crippen molar-refractivity contribution in [1.82, 2.24) is 19.7 Å². The van der Waals surface area contributed by atoms with Gasteiger partial charge in [-0.2, -0.15) is 5.10 Å². The monoisotopic (exact) mass is 217 g/mol. The highest BCUT2D eigenvalue weighted by atomic mass is 16.1. The largest absolute Gasteiger partial charge is 0.311 e. The molecule has 0 unspecified atom stereocenters. The second-order valence-corrected chi connectivity index (χ2v) is 3.17. The van der Waals surface area contributed by atoms with Crippen molar-refractivity contribution in [2.75, 3.05) is 5.32 Å². The van der Waals surface area contributed by atoms with E-state index in [0.717, 1.165) is 0 Å². The van der Waals surface area contributed by atoms with Crippen LogP contribution in [0, 0.1) is 0 Å². The fourth-order valence-corrected chi connectivity index (χ4v) is 1.21. The summed E-state index contributed by atoms with van der Waals surface area (Å²) in [6, 6.07) is 5.36. The van der Waals surface area contributed by atoms with Crippen LogP contribution < -0.4 is 5.32 Å². The molecule has 82 valence electrons. The van der Waals surface area contributed by atoms with E-state index in [-0.39, 0.29) is 5.91 Å². The zero-order chi connectivity index (χ0) is 11.2. The second-order valence-electron chi connectivity index (χ2n) is 3.17. The maximum absolute atomic E-state index is 11.5. The number of pyridine rings is 1. The van der Waals surface area contributed by atoms with Gasteiger partial charge in [-0.25, -0.2) is 9.97 Å². The van der Waals surface area contributed by atoms with E-state index in [1.807, 2.05) is 6.07 Å². The molecule has 0 aromatic carbocycles. The van der Waals surface area contributed by atoms with Crippen molar-refractivity contribution in [3.63, 3.8) is 0 Å². The Bertz CT molecular complexity index is 439. The van der Waals surface area contributed by atoms with Crippen LogP contribution in [0.25, 0.3) is 0 Å². The molecule has 0 spiro atoms. The van der Waals surface area contributed by atoms with E-state index in [1.54, 1.807) is 29.3 Å². The molecule has 0 saturated carbocycles. The highest BCUT2D eigenvalue weighted by Gasteiger charge is 2.03. The molecule has 0 bridgehead atoms. The normalized spacial score (nSPS) is 10.0. The summed E-state index contributed by atoms with van der Waals surface area (Å²) in [4.78, 5) is 19.3. The lowest BCUT2D eigenvalue weighted by Gasteiger charge is -2.03. The van der Waals surface area contributed by atoms with Crippen molar-refractivity contribution >= 4 is 11.7 Å². The molecule has 2 aromatic rings. The predicted octanol–water partition coefficient (Wildman–Crippen LogP) is 0.702. The van der Waals surface area contributed by atoms with Gasteiger partial charge in [-0.1, -0.05) is 6.07 Å². The molecule has 0 radical (unpaired) electrons. The maximum Gasteiger partial charge on any atom is 0.227 e. The molecule has 2 rings (SSSR count). The van der Waals surface area contributed by atoms with E-state index in [4.69, 9.17) is 0 Å². The average Bonchev–Trinajstić information content (AvgIpc) is 2.81. The number of carbonyl (C=O) groups is 1. The van der Waals surface area contributed by atoms with Gasteiger partial charge >= 0.3 is 0 Å². The fourth-order valence-electron chi connectivity index (χ4n) is 1.21. The van der Waals surface area contributed by atoms with Crippen molar-refractivity contribution in [2.45, 2.75) is 13.0 Å². The summed E-state index contributed by atoms with van der Waals surface area (Å²) in [6.45, 7) is 0.513. The van der Waals surface area contributed by atoms with Crippen molar-refractivity contribution in [2.24, 2.45) is 0 Å². The SMILES string of the molecule is O=C(CCn1cncn1)Nc1ccccn1. The first-order chi connectivity index (χ1) is 7.84. The Morgan fingerprint density at radius 1 is 1.44 bits per heavy atom. The van der Waals surface area contributed by atoms with Crippen molar-refractivity contribution in [3.8, 4) is 0 Å². The highest BCUT2D eigenvalue weighted by molar-refractivity contribution is 5.89. The summed E-state index contributed by atoms with van der Waals surface area (Å²) in [7, 11) is 0.